The fourth-order valence-corrected chi connectivity index (χ4v) is 3.48. The molecule has 0 saturated carbocycles. The third kappa shape index (κ3) is 3.40. The van der Waals surface area contributed by atoms with E-state index < -0.39 is 0 Å². The lowest BCUT2D eigenvalue weighted by Crippen LogP contribution is -2.21. The first-order valence-electron chi connectivity index (χ1n) is 9.43. The second-order valence-corrected chi connectivity index (χ2v) is 7.07. The highest BCUT2D eigenvalue weighted by Crippen LogP contribution is 2.30. The lowest BCUT2D eigenvalue weighted by Gasteiger charge is -2.24. The molecule has 0 radical (unpaired) electrons. The summed E-state index contributed by atoms with van der Waals surface area (Å²) >= 11 is 0. The number of methoxy groups -OCH3 is 1. The van der Waals surface area contributed by atoms with Gasteiger partial charge in [0.1, 0.15) is 11.9 Å². The SMILES string of the molecule is COc1ccc(C2Cn3nc(-c4nc(-c5cccc(C)c5)no4)cc3CO2)cc1. The van der Waals surface area contributed by atoms with Crippen molar-refractivity contribution in [3.8, 4) is 28.7 Å². The molecule has 3 heterocycles. The monoisotopic (exact) mass is 388 g/mol. The number of rotatable bonds is 4. The van der Waals surface area contributed by atoms with Crippen molar-refractivity contribution >= 4 is 0 Å². The van der Waals surface area contributed by atoms with Crippen molar-refractivity contribution in [1.82, 2.24) is 19.9 Å². The van der Waals surface area contributed by atoms with Crippen LogP contribution in [0.2, 0.25) is 0 Å². The van der Waals surface area contributed by atoms with Crippen LogP contribution in [0.15, 0.2) is 59.1 Å². The number of aryl methyl sites for hydroxylation is 1. The summed E-state index contributed by atoms with van der Waals surface area (Å²) in [7, 11) is 1.66. The largest absolute Gasteiger partial charge is 0.497 e. The first-order chi connectivity index (χ1) is 14.2. The van der Waals surface area contributed by atoms with Crippen LogP contribution in [0.25, 0.3) is 23.0 Å². The van der Waals surface area contributed by atoms with Crippen LogP contribution in [-0.2, 0) is 17.9 Å². The van der Waals surface area contributed by atoms with E-state index in [-0.39, 0.29) is 6.10 Å². The van der Waals surface area contributed by atoms with E-state index in [2.05, 4.69) is 15.2 Å². The second kappa shape index (κ2) is 7.18. The van der Waals surface area contributed by atoms with E-state index in [1.165, 1.54) is 0 Å². The van der Waals surface area contributed by atoms with E-state index in [1.54, 1.807) is 7.11 Å². The lowest BCUT2D eigenvalue weighted by molar-refractivity contribution is -0.00115. The number of fused-ring (bicyclic) bond motifs is 1. The maximum Gasteiger partial charge on any atom is 0.278 e. The Morgan fingerprint density at radius 1 is 1.10 bits per heavy atom. The van der Waals surface area contributed by atoms with Gasteiger partial charge in [-0.2, -0.15) is 10.1 Å². The van der Waals surface area contributed by atoms with Crippen LogP contribution in [0.4, 0.5) is 0 Å². The van der Waals surface area contributed by atoms with Gasteiger partial charge in [0.15, 0.2) is 5.69 Å². The zero-order chi connectivity index (χ0) is 19.8. The highest BCUT2D eigenvalue weighted by Gasteiger charge is 2.24. The Morgan fingerprint density at radius 2 is 1.97 bits per heavy atom. The molecule has 0 amide bonds. The smallest absolute Gasteiger partial charge is 0.278 e. The molecule has 1 aliphatic rings. The summed E-state index contributed by atoms with van der Waals surface area (Å²) in [5, 5.41) is 8.78. The van der Waals surface area contributed by atoms with Gasteiger partial charge < -0.3 is 14.0 Å². The van der Waals surface area contributed by atoms with Crippen molar-refractivity contribution in [2.75, 3.05) is 7.11 Å². The van der Waals surface area contributed by atoms with Crippen molar-refractivity contribution in [1.29, 1.82) is 0 Å². The van der Waals surface area contributed by atoms with E-state index in [9.17, 15) is 0 Å². The van der Waals surface area contributed by atoms with E-state index in [1.807, 2.05) is 66.2 Å². The number of nitrogens with zero attached hydrogens (tertiary/aromatic N) is 4. The van der Waals surface area contributed by atoms with Crippen LogP contribution in [0.3, 0.4) is 0 Å². The number of hydrogen-bond donors (Lipinski definition) is 0. The molecule has 7 nitrogen and oxygen atoms in total. The molecule has 4 aromatic rings. The van der Waals surface area contributed by atoms with Crippen molar-refractivity contribution in [3.05, 3.63) is 71.4 Å². The molecule has 0 saturated heterocycles. The molecule has 5 rings (SSSR count). The summed E-state index contributed by atoms with van der Waals surface area (Å²) in [6.07, 6.45) is -0.0632. The maximum atomic E-state index is 6.03. The predicted molar refractivity (Wildman–Crippen MR) is 106 cm³/mol. The number of hydrogen-bond acceptors (Lipinski definition) is 6. The van der Waals surface area contributed by atoms with Gasteiger partial charge >= 0.3 is 0 Å². The van der Waals surface area contributed by atoms with E-state index in [0.717, 1.165) is 28.1 Å². The average Bonchev–Trinajstić information content (AvgIpc) is 3.40. The zero-order valence-corrected chi connectivity index (χ0v) is 16.2. The Bertz CT molecular complexity index is 1150. The van der Waals surface area contributed by atoms with Crippen molar-refractivity contribution < 1.29 is 14.0 Å². The third-order valence-electron chi connectivity index (χ3n) is 5.04. The number of ether oxygens (including phenoxy) is 2. The summed E-state index contributed by atoms with van der Waals surface area (Å²) in [5.74, 6) is 1.79. The summed E-state index contributed by atoms with van der Waals surface area (Å²) in [5.41, 5.74) is 4.80. The van der Waals surface area contributed by atoms with Crippen molar-refractivity contribution in [2.24, 2.45) is 0 Å². The average molecular weight is 388 g/mol. The molecule has 2 aromatic carbocycles. The fourth-order valence-electron chi connectivity index (χ4n) is 3.48. The Hall–Kier alpha value is -3.45. The third-order valence-corrected chi connectivity index (χ3v) is 5.04. The molecule has 1 aliphatic heterocycles. The van der Waals surface area contributed by atoms with Gasteiger partial charge in [-0.25, -0.2) is 0 Å². The second-order valence-electron chi connectivity index (χ2n) is 7.07. The molecule has 0 bridgehead atoms. The number of aromatic nitrogens is 4. The van der Waals surface area contributed by atoms with Crippen LogP contribution < -0.4 is 4.74 Å². The van der Waals surface area contributed by atoms with Crippen LogP contribution >= 0.6 is 0 Å². The topological polar surface area (TPSA) is 75.2 Å². The molecule has 1 atom stereocenters. The number of benzene rings is 2. The first-order valence-corrected chi connectivity index (χ1v) is 9.43. The van der Waals surface area contributed by atoms with E-state index >= 15 is 0 Å². The molecular weight excluding hydrogens is 368 g/mol. The Balaban J connectivity index is 1.38. The summed E-state index contributed by atoms with van der Waals surface area (Å²) in [4.78, 5) is 4.52. The van der Waals surface area contributed by atoms with Gasteiger partial charge in [0.05, 0.1) is 26.0 Å². The molecule has 0 N–H and O–H groups in total. The molecule has 2 aromatic heterocycles. The molecule has 0 spiro atoms. The van der Waals surface area contributed by atoms with Crippen molar-refractivity contribution in [2.45, 2.75) is 26.2 Å². The molecule has 7 heteroatoms. The van der Waals surface area contributed by atoms with Crippen molar-refractivity contribution in [3.63, 3.8) is 0 Å². The van der Waals surface area contributed by atoms with Gasteiger partial charge in [-0.1, -0.05) is 41.1 Å². The Labute approximate surface area is 167 Å². The lowest BCUT2D eigenvalue weighted by atomic mass is 10.1. The minimum atomic E-state index is -0.0632. The van der Waals surface area contributed by atoms with Gasteiger partial charge in [0, 0.05) is 5.56 Å². The van der Waals surface area contributed by atoms with Crippen LogP contribution in [-0.4, -0.2) is 27.0 Å². The summed E-state index contributed by atoms with van der Waals surface area (Å²) in [6.45, 7) is 3.14. The quantitative estimate of drug-likeness (QED) is 0.522. The molecule has 0 aliphatic carbocycles. The minimum Gasteiger partial charge on any atom is -0.497 e. The van der Waals surface area contributed by atoms with Crippen LogP contribution in [0.1, 0.15) is 22.9 Å². The standard InChI is InChI=1S/C22H20N4O3/c1-14-4-3-5-16(10-14)21-23-22(29-25-21)19-11-17-13-28-20(12-26(17)24-19)15-6-8-18(27-2)9-7-15/h3-11,20H,12-13H2,1-2H3. The molecular formula is C22H20N4O3. The van der Waals surface area contributed by atoms with Gasteiger partial charge in [0.25, 0.3) is 5.89 Å². The van der Waals surface area contributed by atoms with E-state index in [0.29, 0.717) is 30.6 Å². The van der Waals surface area contributed by atoms with Crippen LogP contribution in [0.5, 0.6) is 5.75 Å². The molecule has 29 heavy (non-hydrogen) atoms. The summed E-state index contributed by atoms with van der Waals surface area (Å²) in [6, 6.07) is 17.9. The highest BCUT2D eigenvalue weighted by atomic mass is 16.5. The maximum absolute atomic E-state index is 6.03. The summed E-state index contributed by atoms with van der Waals surface area (Å²) < 4.78 is 18.7. The van der Waals surface area contributed by atoms with E-state index in [4.69, 9.17) is 14.0 Å². The van der Waals surface area contributed by atoms with Gasteiger partial charge in [-0.05, 0) is 36.8 Å². The zero-order valence-electron chi connectivity index (χ0n) is 16.2. The minimum absolute atomic E-state index is 0.0632. The first kappa shape index (κ1) is 17.6. The van der Waals surface area contributed by atoms with Crippen LogP contribution in [0, 0.1) is 6.92 Å². The predicted octanol–water partition coefficient (Wildman–Crippen LogP) is 4.19. The molecule has 146 valence electrons. The molecule has 0 fully saturated rings. The Kier molecular flexibility index (Phi) is 4.37. The van der Waals surface area contributed by atoms with Gasteiger partial charge in [0.2, 0.25) is 5.82 Å². The molecule has 1 unspecified atom stereocenters. The Morgan fingerprint density at radius 3 is 2.76 bits per heavy atom. The normalized spacial score (nSPS) is 15.9. The van der Waals surface area contributed by atoms with Gasteiger partial charge in [-0.15, -0.1) is 0 Å². The fraction of sp³-hybridized carbons (Fsp3) is 0.227. The van der Waals surface area contributed by atoms with Gasteiger partial charge in [-0.3, -0.25) is 4.68 Å². The highest BCUT2D eigenvalue weighted by molar-refractivity contribution is 5.58.